The van der Waals surface area contributed by atoms with E-state index in [0.29, 0.717) is 0 Å². The lowest BCUT2D eigenvalue weighted by atomic mass is 10.2. The molecule has 0 radical (unpaired) electrons. The summed E-state index contributed by atoms with van der Waals surface area (Å²) < 4.78 is 10.8. The first-order valence-corrected chi connectivity index (χ1v) is 8.05. The lowest BCUT2D eigenvalue weighted by Crippen LogP contribution is -2.21. The Morgan fingerprint density at radius 2 is 1.58 bits per heavy atom. The number of benzene rings is 2. The van der Waals surface area contributed by atoms with E-state index in [-0.39, 0.29) is 18.6 Å². The van der Waals surface area contributed by atoms with E-state index in [9.17, 15) is 4.79 Å². The molecular weight excluding hydrogens is 304 g/mol. The first-order valence-electron chi connectivity index (χ1n) is 8.05. The van der Waals surface area contributed by atoms with Gasteiger partial charge in [0, 0.05) is 11.4 Å². The molecule has 0 aliphatic heterocycles. The summed E-state index contributed by atoms with van der Waals surface area (Å²) in [5, 5.41) is 5.92. The van der Waals surface area contributed by atoms with Gasteiger partial charge in [-0.25, -0.2) is 0 Å². The van der Waals surface area contributed by atoms with E-state index >= 15 is 0 Å². The summed E-state index contributed by atoms with van der Waals surface area (Å²) in [4.78, 5) is 12.0. The van der Waals surface area contributed by atoms with Crippen molar-refractivity contribution in [3.8, 4) is 11.5 Å². The predicted molar refractivity (Wildman–Crippen MR) is 96.9 cm³/mol. The van der Waals surface area contributed by atoms with Crippen LogP contribution < -0.4 is 20.1 Å². The molecule has 1 amide bonds. The van der Waals surface area contributed by atoms with Gasteiger partial charge in [-0.1, -0.05) is 6.92 Å². The third kappa shape index (κ3) is 5.50. The van der Waals surface area contributed by atoms with Crippen LogP contribution >= 0.6 is 0 Å². The highest BCUT2D eigenvalue weighted by Gasteiger charge is 2.04. The second-order valence-corrected chi connectivity index (χ2v) is 5.49. The van der Waals surface area contributed by atoms with Gasteiger partial charge in [-0.15, -0.1) is 0 Å². The second kappa shape index (κ2) is 8.82. The molecule has 2 rings (SSSR count). The smallest absolute Gasteiger partial charge is 0.243 e. The van der Waals surface area contributed by atoms with Crippen LogP contribution in [0.4, 0.5) is 11.4 Å². The fourth-order valence-corrected chi connectivity index (χ4v) is 2.03. The van der Waals surface area contributed by atoms with E-state index < -0.39 is 0 Å². The summed E-state index contributed by atoms with van der Waals surface area (Å²) in [7, 11) is 1.62. The lowest BCUT2D eigenvalue weighted by molar-refractivity contribution is -0.114. The Morgan fingerprint density at radius 1 is 1.00 bits per heavy atom. The zero-order chi connectivity index (χ0) is 17.4. The molecule has 1 atom stereocenters. The van der Waals surface area contributed by atoms with E-state index in [2.05, 4.69) is 17.6 Å². The molecule has 5 heteroatoms. The number of anilines is 2. The fraction of sp³-hybridized carbons (Fsp3) is 0.316. The van der Waals surface area contributed by atoms with Gasteiger partial charge in [0.25, 0.3) is 0 Å². The normalized spacial score (nSPS) is 11.5. The van der Waals surface area contributed by atoms with E-state index in [4.69, 9.17) is 9.47 Å². The minimum atomic E-state index is -0.110. The molecule has 0 aliphatic rings. The number of amides is 1. The fourth-order valence-electron chi connectivity index (χ4n) is 2.03. The van der Waals surface area contributed by atoms with Crippen molar-refractivity contribution in [1.82, 2.24) is 0 Å². The predicted octanol–water partition coefficient (Wildman–Crippen LogP) is 3.92. The molecule has 0 fully saturated rings. The van der Waals surface area contributed by atoms with Crippen molar-refractivity contribution < 1.29 is 14.3 Å². The lowest BCUT2D eigenvalue weighted by Gasteiger charge is -2.13. The van der Waals surface area contributed by atoms with Gasteiger partial charge in [0.1, 0.15) is 11.5 Å². The molecular formula is C19H24N2O3. The van der Waals surface area contributed by atoms with Crippen LogP contribution in [0.5, 0.6) is 11.5 Å². The number of carbonyl (C=O) groups excluding carboxylic acids is 1. The Kier molecular flexibility index (Phi) is 6.49. The van der Waals surface area contributed by atoms with Crippen LogP contribution in [0, 0.1) is 0 Å². The Bertz CT molecular complexity index is 639. The first-order chi connectivity index (χ1) is 11.6. The van der Waals surface area contributed by atoms with Crippen LogP contribution in [0.25, 0.3) is 0 Å². The molecule has 0 aromatic heterocycles. The highest BCUT2D eigenvalue weighted by atomic mass is 16.5. The summed E-state index contributed by atoms with van der Waals surface area (Å²) in [6.45, 7) is 4.30. The number of nitrogens with one attached hydrogen (secondary N) is 2. The standard InChI is InChI=1S/C19H24N2O3/c1-4-14(2)24-18-11-7-16(8-12-18)21-19(22)13-20-15-5-9-17(23-3)10-6-15/h5-12,14,20H,4,13H2,1-3H3,(H,21,22). The number of ether oxygens (including phenoxy) is 2. The molecule has 0 saturated heterocycles. The number of methoxy groups -OCH3 is 1. The molecule has 0 bridgehead atoms. The maximum atomic E-state index is 12.0. The highest BCUT2D eigenvalue weighted by molar-refractivity contribution is 5.93. The van der Waals surface area contributed by atoms with Crippen LogP contribution in [-0.2, 0) is 4.79 Å². The average molecular weight is 328 g/mol. The molecule has 2 N–H and O–H groups in total. The molecule has 1 unspecified atom stereocenters. The molecule has 0 spiro atoms. The van der Waals surface area contributed by atoms with Crippen molar-refractivity contribution in [1.29, 1.82) is 0 Å². The quantitative estimate of drug-likeness (QED) is 0.771. The van der Waals surface area contributed by atoms with Gasteiger partial charge in [-0.3, -0.25) is 4.79 Å². The molecule has 5 nitrogen and oxygen atoms in total. The van der Waals surface area contributed by atoms with Gasteiger partial charge in [-0.2, -0.15) is 0 Å². The summed E-state index contributed by atoms with van der Waals surface area (Å²) in [5.41, 5.74) is 1.61. The van der Waals surface area contributed by atoms with Crippen LogP contribution in [-0.4, -0.2) is 25.7 Å². The third-order valence-corrected chi connectivity index (χ3v) is 3.59. The van der Waals surface area contributed by atoms with Crippen molar-refractivity contribution in [2.24, 2.45) is 0 Å². The topological polar surface area (TPSA) is 59.6 Å². The first kappa shape index (κ1) is 17.7. The van der Waals surface area contributed by atoms with E-state index in [1.807, 2.05) is 55.5 Å². The minimum absolute atomic E-state index is 0.110. The number of hydrogen-bond acceptors (Lipinski definition) is 4. The van der Waals surface area contributed by atoms with Crippen molar-refractivity contribution in [2.45, 2.75) is 26.4 Å². The third-order valence-electron chi connectivity index (χ3n) is 3.59. The number of hydrogen-bond donors (Lipinski definition) is 2. The van der Waals surface area contributed by atoms with Crippen molar-refractivity contribution in [3.63, 3.8) is 0 Å². The maximum absolute atomic E-state index is 12.0. The van der Waals surface area contributed by atoms with Gasteiger partial charge in [0.2, 0.25) is 5.91 Å². The molecule has 2 aromatic rings. The Labute approximate surface area is 143 Å². The largest absolute Gasteiger partial charge is 0.497 e. The van der Waals surface area contributed by atoms with E-state index in [1.165, 1.54) is 0 Å². The average Bonchev–Trinajstić information content (AvgIpc) is 2.62. The monoisotopic (exact) mass is 328 g/mol. The van der Waals surface area contributed by atoms with Crippen LogP contribution in [0.3, 0.4) is 0 Å². The van der Waals surface area contributed by atoms with Crippen molar-refractivity contribution in [3.05, 3.63) is 48.5 Å². The molecule has 0 heterocycles. The number of rotatable bonds is 8. The summed E-state index contributed by atoms with van der Waals surface area (Å²) in [5.74, 6) is 1.48. The molecule has 0 aliphatic carbocycles. The molecule has 0 saturated carbocycles. The highest BCUT2D eigenvalue weighted by Crippen LogP contribution is 2.18. The molecule has 128 valence electrons. The van der Waals surface area contributed by atoms with Crippen LogP contribution in [0.2, 0.25) is 0 Å². The zero-order valence-corrected chi connectivity index (χ0v) is 14.3. The Balaban J connectivity index is 1.81. The van der Waals surface area contributed by atoms with Crippen LogP contribution in [0.1, 0.15) is 20.3 Å². The van der Waals surface area contributed by atoms with Crippen molar-refractivity contribution in [2.75, 3.05) is 24.3 Å². The summed E-state index contributed by atoms with van der Waals surface area (Å²) in [6, 6.07) is 14.8. The van der Waals surface area contributed by atoms with Gasteiger partial charge >= 0.3 is 0 Å². The number of carbonyl (C=O) groups is 1. The van der Waals surface area contributed by atoms with Crippen molar-refractivity contribution >= 4 is 17.3 Å². The van der Waals surface area contributed by atoms with E-state index in [1.54, 1.807) is 7.11 Å². The van der Waals surface area contributed by atoms with Gasteiger partial charge < -0.3 is 20.1 Å². The minimum Gasteiger partial charge on any atom is -0.497 e. The zero-order valence-electron chi connectivity index (χ0n) is 14.3. The second-order valence-electron chi connectivity index (χ2n) is 5.49. The SMILES string of the molecule is CCC(C)Oc1ccc(NC(=O)CNc2ccc(OC)cc2)cc1. The molecule has 24 heavy (non-hydrogen) atoms. The Morgan fingerprint density at radius 3 is 2.17 bits per heavy atom. The molecule has 2 aromatic carbocycles. The summed E-state index contributed by atoms with van der Waals surface area (Å²) >= 11 is 0. The van der Waals surface area contributed by atoms with Gasteiger partial charge in [-0.05, 0) is 61.9 Å². The van der Waals surface area contributed by atoms with E-state index in [0.717, 1.165) is 29.3 Å². The van der Waals surface area contributed by atoms with Gasteiger partial charge in [0.05, 0.1) is 19.8 Å². The van der Waals surface area contributed by atoms with Crippen LogP contribution in [0.15, 0.2) is 48.5 Å². The Hall–Kier alpha value is -2.69. The van der Waals surface area contributed by atoms with Gasteiger partial charge in [0.15, 0.2) is 0 Å². The summed E-state index contributed by atoms with van der Waals surface area (Å²) in [6.07, 6.45) is 1.13. The maximum Gasteiger partial charge on any atom is 0.243 e.